The van der Waals surface area contributed by atoms with E-state index in [1.54, 1.807) is 0 Å². The summed E-state index contributed by atoms with van der Waals surface area (Å²) in [4.78, 5) is 0. The van der Waals surface area contributed by atoms with Crippen molar-refractivity contribution in [2.24, 2.45) is 0 Å². The van der Waals surface area contributed by atoms with Crippen molar-refractivity contribution < 1.29 is 8.83 Å². The van der Waals surface area contributed by atoms with Crippen LogP contribution in [0.4, 0.5) is 0 Å². The number of fused-ring (bicyclic) bond motifs is 9. The average Bonchev–Trinajstić information content (AvgIpc) is 3.84. The number of furan rings is 2. The number of hydrogen-bond donors (Lipinski definition) is 0. The second kappa shape index (κ2) is 10.2. The average molecular weight is 643 g/mol. The fourth-order valence-corrected chi connectivity index (χ4v) is 9.03. The van der Waals surface area contributed by atoms with Crippen LogP contribution in [0.25, 0.3) is 108 Å². The number of thiophene rings is 1. The number of hydrogen-bond acceptors (Lipinski definition) is 3. The lowest BCUT2D eigenvalue weighted by atomic mass is 9.84. The van der Waals surface area contributed by atoms with E-state index < -0.39 is 0 Å². The molecular weight excluding hydrogens is 617 g/mol. The first-order valence-electron chi connectivity index (χ1n) is 16.6. The molecule has 0 unspecified atom stereocenters. The van der Waals surface area contributed by atoms with Crippen LogP contribution in [0.3, 0.4) is 0 Å². The molecule has 0 aliphatic rings. The lowest BCUT2D eigenvalue weighted by Crippen LogP contribution is -1.91. The monoisotopic (exact) mass is 642 g/mol. The zero-order valence-electron chi connectivity index (χ0n) is 26.2. The highest BCUT2D eigenvalue weighted by Gasteiger charge is 2.25. The maximum Gasteiger partial charge on any atom is 0.143 e. The molecule has 0 saturated carbocycles. The number of rotatable bonds is 3. The minimum Gasteiger partial charge on any atom is -0.456 e. The molecule has 8 aromatic carbocycles. The minimum absolute atomic E-state index is 0.812. The highest BCUT2D eigenvalue weighted by molar-refractivity contribution is 7.25. The van der Waals surface area contributed by atoms with Crippen LogP contribution in [0.2, 0.25) is 0 Å². The van der Waals surface area contributed by atoms with E-state index in [0.29, 0.717) is 0 Å². The summed E-state index contributed by atoms with van der Waals surface area (Å²) in [6.07, 6.45) is 0. The Hall–Kier alpha value is -6.16. The van der Waals surface area contributed by atoms with Crippen LogP contribution < -0.4 is 0 Å². The van der Waals surface area contributed by atoms with Crippen LogP contribution in [0.15, 0.2) is 167 Å². The molecule has 0 fully saturated rings. The molecule has 0 spiro atoms. The van der Waals surface area contributed by atoms with Crippen LogP contribution in [0.1, 0.15) is 0 Å². The molecule has 11 rings (SSSR count). The van der Waals surface area contributed by atoms with Crippen LogP contribution >= 0.6 is 11.3 Å². The summed E-state index contributed by atoms with van der Waals surface area (Å²) in [6, 6.07) is 56.6. The van der Waals surface area contributed by atoms with E-state index in [1.807, 2.05) is 23.5 Å². The Morgan fingerprint density at radius 1 is 0.306 bits per heavy atom. The van der Waals surface area contributed by atoms with Gasteiger partial charge in [-0.2, -0.15) is 0 Å². The van der Waals surface area contributed by atoms with Gasteiger partial charge in [0.2, 0.25) is 0 Å². The lowest BCUT2D eigenvalue weighted by molar-refractivity contribution is 0.629. The van der Waals surface area contributed by atoms with Gasteiger partial charge in [-0.1, -0.05) is 121 Å². The molecule has 3 aromatic heterocycles. The summed E-state index contributed by atoms with van der Waals surface area (Å²) in [7, 11) is 0. The van der Waals surface area contributed by atoms with Gasteiger partial charge in [0.1, 0.15) is 22.5 Å². The maximum atomic E-state index is 6.88. The zero-order valence-corrected chi connectivity index (χ0v) is 27.1. The third-order valence-corrected chi connectivity index (χ3v) is 11.2. The molecule has 0 N–H and O–H groups in total. The predicted molar refractivity (Wildman–Crippen MR) is 208 cm³/mol. The number of benzene rings is 8. The van der Waals surface area contributed by atoms with Gasteiger partial charge >= 0.3 is 0 Å². The molecule has 3 heteroatoms. The fraction of sp³-hybridized carbons (Fsp3) is 0. The smallest absolute Gasteiger partial charge is 0.143 e. The van der Waals surface area contributed by atoms with Gasteiger partial charge in [-0.15, -0.1) is 11.3 Å². The van der Waals surface area contributed by atoms with E-state index in [-0.39, 0.29) is 0 Å². The fourth-order valence-electron chi connectivity index (χ4n) is 7.95. The molecule has 0 atom stereocenters. The molecular formula is C46H26O2S. The molecule has 0 radical (unpaired) electrons. The van der Waals surface area contributed by atoms with E-state index in [9.17, 15) is 0 Å². The predicted octanol–water partition coefficient (Wildman–Crippen LogP) is 14.0. The van der Waals surface area contributed by atoms with Crippen molar-refractivity contribution >= 4 is 86.0 Å². The molecule has 3 heterocycles. The van der Waals surface area contributed by atoms with Crippen LogP contribution in [-0.2, 0) is 0 Å². The SMILES string of the molecule is c1ccc(-c2oc3cc4oc5ccccc5c4cc3c2-c2c3ccccc3c(-c3ccc4sc5ccccc5c4c3)c3ccccc23)cc1. The van der Waals surface area contributed by atoms with E-state index in [4.69, 9.17) is 8.83 Å². The molecule has 2 nitrogen and oxygen atoms in total. The molecule has 49 heavy (non-hydrogen) atoms. The first-order chi connectivity index (χ1) is 24.3. The summed E-state index contributed by atoms with van der Waals surface area (Å²) in [5.41, 5.74) is 8.33. The molecule has 228 valence electrons. The van der Waals surface area contributed by atoms with Crippen molar-refractivity contribution in [2.45, 2.75) is 0 Å². The lowest BCUT2D eigenvalue weighted by Gasteiger charge is -2.18. The third-order valence-electron chi connectivity index (χ3n) is 10.1. The van der Waals surface area contributed by atoms with Gasteiger partial charge < -0.3 is 8.83 Å². The normalized spacial score (nSPS) is 12.1. The van der Waals surface area contributed by atoms with Gasteiger partial charge in [-0.05, 0) is 63.0 Å². The Labute approximate surface area is 285 Å². The second-order valence-corrected chi connectivity index (χ2v) is 13.8. The van der Waals surface area contributed by atoms with E-state index in [2.05, 4.69) is 146 Å². The number of para-hydroxylation sites is 1. The molecule has 11 aromatic rings. The van der Waals surface area contributed by atoms with Crippen LogP contribution in [0.5, 0.6) is 0 Å². The highest BCUT2D eigenvalue weighted by atomic mass is 32.1. The topological polar surface area (TPSA) is 26.3 Å². The first kappa shape index (κ1) is 26.9. The van der Waals surface area contributed by atoms with Crippen molar-refractivity contribution in [1.29, 1.82) is 0 Å². The van der Waals surface area contributed by atoms with E-state index in [1.165, 1.54) is 58.4 Å². The quantitative estimate of drug-likeness (QED) is 0.179. The van der Waals surface area contributed by atoms with Gasteiger partial charge in [0.05, 0.1) is 0 Å². The van der Waals surface area contributed by atoms with Gasteiger partial charge in [0, 0.05) is 59.1 Å². The van der Waals surface area contributed by atoms with Gasteiger partial charge in [0.25, 0.3) is 0 Å². The Kier molecular flexibility index (Phi) is 5.57. The van der Waals surface area contributed by atoms with Crippen molar-refractivity contribution in [3.05, 3.63) is 158 Å². The van der Waals surface area contributed by atoms with Crippen LogP contribution in [-0.4, -0.2) is 0 Å². The van der Waals surface area contributed by atoms with Gasteiger partial charge in [-0.3, -0.25) is 0 Å². The second-order valence-electron chi connectivity index (χ2n) is 12.8. The Morgan fingerprint density at radius 3 is 1.65 bits per heavy atom. The van der Waals surface area contributed by atoms with E-state index >= 15 is 0 Å². The minimum atomic E-state index is 0.812. The Balaban J connectivity index is 1.29. The molecule has 0 aliphatic heterocycles. The van der Waals surface area contributed by atoms with E-state index in [0.717, 1.165) is 49.8 Å². The summed E-state index contributed by atoms with van der Waals surface area (Å²) in [5, 5.41) is 10.7. The molecule has 0 saturated heterocycles. The third kappa shape index (κ3) is 3.88. The summed E-state index contributed by atoms with van der Waals surface area (Å²) in [5.74, 6) is 0.863. The van der Waals surface area contributed by atoms with Crippen molar-refractivity contribution in [2.75, 3.05) is 0 Å². The van der Waals surface area contributed by atoms with Crippen LogP contribution in [0, 0.1) is 0 Å². The largest absolute Gasteiger partial charge is 0.456 e. The molecule has 0 amide bonds. The summed E-state index contributed by atoms with van der Waals surface area (Å²) >= 11 is 1.86. The molecule has 0 aliphatic carbocycles. The summed E-state index contributed by atoms with van der Waals surface area (Å²) in [6.45, 7) is 0. The highest BCUT2D eigenvalue weighted by Crippen LogP contribution is 2.51. The first-order valence-corrected chi connectivity index (χ1v) is 17.4. The standard InChI is InChI=1S/C46H26O2S/c1-2-12-27(13-3-1)46-45(37-25-35-29-14-8-10-20-38(29)47-39(35)26-40(37)48-46)44-33-18-6-4-16-31(33)43(32-17-5-7-19-34(32)44)28-22-23-42-36(24-28)30-15-9-11-21-41(30)49-42/h1-26H. The van der Waals surface area contributed by atoms with Crippen molar-refractivity contribution in [3.63, 3.8) is 0 Å². The van der Waals surface area contributed by atoms with Gasteiger partial charge in [0.15, 0.2) is 0 Å². The Bertz CT molecular complexity index is 3050. The van der Waals surface area contributed by atoms with Gasteiger partial charge in [-0.25, -0.2) is 0 Å². The molecule has 0 bridgehead atoms. The van der Waals surface area contributed by atoms with Crippen molar-refractivity contribution in [1.82, 2.24) is 0 Å². The zero-order chi connectivity index (χ0) is 32.1. The van der Waals surface area contributed by atoms with Crippen molar-refractivity contribution in [3.8, 4) is 33.6 Å². The summed E-state index contributed by atoms with van der Waals surface area (Å²) < 4.78 is 15.8. The Morgan fingerprint density at radius 2 is 0.898 bits per heavy atom. The maximum absolute atomic E-state index is 6.88.